The van der Waals surface area contributed by atoms with Crippen LogP contribution in [0.25, 0.3) is 0 Å². The van der Waals surface area contributed by atoms with Crippen molar-refractivity contribution in [3.05, 3.63) is 71.5 Å². The average molecular weight is 393 g/mol. The standard InChI is InChI=1S/C17H13F2N3O4S/c1-10-7-16(21-26-10)22-27(24,25)13-4-2-3-11(8-13)17(23)20-12-5-6-14(18)15(19)9-12/h2-9H,1H3,(H,20,23)(H,21,22). The molecule has 140 valence electrons. The van der Waals surface area contributed by atoms with Gasteiger partial charge in [0.2, 0.25) is 0 Å². The molecule has 7 nitrogen and oxygen atoms in total. The van der Waals surface area contributed by atoms with Crippen LogP contribution in [0, 0.1) is 18.6 Å². The summed E-state index contributed by atoms with van der Waals surface area (Å²) in [6.07, 6.45) is 0. The summed E-state index contributed by atoms with van der Waals surface area (Å²) in [6, 6.07) is 9.48. The second kappa shape index (κ2) is 7.16. The predicted octanol–water partition coefficient (Wildman–Crippen LogP) is 3.31. The van der Waals surface area contributed by atoms with Gasteiger partial charge in [0.25, 0.3) is 15.9 Å². The van der Waals surface area contributed by atoms with Gasteiger partial charge in [-0.2, -0.15) is 0 Å². The Morgan fingerprint density at radius 1 is 1.07 bits per heavy atom. The Kier molecular flexibility index (Phi) is 4.91. The topological polar surface area (TPSA) is 101 Å². The molecule has 0 saturated carbocycles. The molecule has 2 N–H and O–H groups in total. The fourth-order valence-electron chi connectivity index (χ4n) is 2.19. The molecular weight excluding hydrogens is 380 g/mol. The van der Waals surface area contributed by atoms with Crippen molar-refractivity contribution in [2.75, 3.05) is 10.0 Å². The highest BCUT2D eigenvalue weighted by molar-refractivity contribution is 7.92. The van der Waals surface area contributed by atoms with Crippen LogP contribution in [0.15, 0.2) is 57.9 Å². The highest BCUT2D eigenvalue weighted by atomic mass is 32.2. The van der Waals surface area contributed by atoms with E-state index in [0.717, 1.165) is 18.2 Å². The number of nitrogens with zero attached hydrogens (tertiary/aromatic N) is 1. The zero-order valence-corrected chi connectivity index (χ0v) is 14.7. The number of benzene rings is 2. The maximum absolute atomic E-state index is 13.2. The van der Waals surface area contributed by atoms with Gasteiger partial charge in [-0.1, -0.05) is 11.2 Å². The number of carbonyl (C=O) groups is 1. The Balaban J connectivity index is 1.81. The maximum Gasteiger partial charge on any atom is 0.263 e. The lowest BCUT2D eigenvalue weighted by atomic mass is 10.2. The van der Waals surface area contributed by atoms with Gasteiger partial charge in [0.05, 0.1) is 4.90 Å². The number of halogens is 2. The van der Waals surface area contributed by atoms with Crippen LogP contribution in [0.4, 0.5) is 20.3 Å². The summed E-state index contributed by atoms with van der Waals surface area (Å²) in [5.74, 6) is -2.42. The lowest BCUT2D eigenvalue weighted by Gasteiger charge is -2.08. The first-order chi connectivity index (χ1) is 12.7. The first kappa shape index (κ1) is 18.5. The lowest BCUT2D eigenvalue weighted by molar-refractivity contribution is 0.102. The lowest BCUT2D eigenvalue weighted by Crippen LogP contribution is -2.16. The van der Waals surface area contributed by atoms with Crippen molar-refractivity contribution < 1.29 is 26.5 Å². The third-order valence-corrected chi connectivity index (χ3v) is 4.80. The van der Waals surface area contributed by atoms with Gasteiger partial charge in [0.1, 0.15) is 5.76 Å². The summed E-state index contributed by atoms with van der Waals surface area (Å²) >= 11 is 0. The largest absolute Gasteiger partial charge is 0.360 e. The van der Waals surface area contributed by atoms with Crippen molar-refractivity contribution in [1.82, 2.24) is 5.16 Å². The number of aromatic nitrogens is 1. The molecule has 0 aliphatic carbocycles. The molecule has 0 unspecified atom stereocenters. The van der Waals surface area contributed by atoms with E-state index in [-0.39, 0.29) is 22.0 Å². The Hall–Kier alpha value is -3.27. The first-order valence-electron chi connectivity index (χ1n) is 7.57. The molecule has 2 aromatic carbocycles. The zero-order valence-electron chi connectivity index (χ0n) is 13.9. The summed E-state index contributed by atoms with van der Waals surface area (Å²) < 4.78 is 58.0. The van der Waals surface area contributed by atoms with Gasteiger partial charge in [0.15, 0.2) is 17.5 Å². The van der Waals surface area contributed by atoms with Crippen LogP contribution in [0.2, 0.25) is 0 Å². The number of hydrogen-bond donors (Lipinski definition) is 2. The molecule has 0 atom stereocenters. The van der Waals surface area contributed by atoms with Gasteiger partial charge in [-0.3, -0.25) is 9.52 Å². The molecule has 27 heavy (non-hydrogen) atoms. The number of anilines is 2. The number of rotatable bonds is 5. The molecular formula is C17H13F2N3O4S. The summed E-state index contributed by atoms with van der Waals surface area (Å²) in [5, 5.41) is 5.91. The molecule has 0 bridgehead atoms. The van der Waals surface area contributed by atoms with Gasteiger partial charge in [-0.05, 0) is 37.3 Å². The second-order valence-electron chi connectivity index (χ2n) is 5.54. The van der Waals surface area contributed by atoms with E-state index in [2.05, 4.69) is 15.2 Å². The van der Waals surface area contributed by atoms with Crippen molar-refractivity contribution in [1.29, 1.82) is 0 Å². The number of sulfonamides is 1. The van der Waals surface area contributed by atoms with E-state index in [0.29, 0.717) is 5.76 Å². The van der Waals surface area contributed by atoms with E-state index in [1.807, 2.05) is 0 Å². The van der Waals surface area contributed by atoms with Crippen molar-refractivity contribution in [3.63, 3.8) is 0 Å². The van der Waals surface area contributed by atoms with Crippen molar-refractivity contribution in [2.45, 2.75) is 11.8 Å². The van der Waals surface area contributed by atoms with Gasteiger partial charge < -0.3 is 9.84 Å². The van der Waals surface area contributed by atoms with Crippen molar-refractivity contribution >= 4 is 27.4 Å². The van der Waals surface area contributed by atoms with E-state index < -0.39 is 27.6 Å². The molecule has 10 heteroatoms. The Labute approximate surface area is 153 Å². The highest BCUT2D eigenvalue weighted by Gasteiger charge is 2.18. The average Bonchev–Trinajstić information content (AvgIpc) is 3.02. The molecule has 3 rings (SSSR count). The van der Waals surface area contributed by atoms with Crippen molar-refractivity contribution in [2.24, 2.45) is 0 Å². The minimum absolute atomic E-state index is 0.00384. The smallest absolute Gasteiger partial charge is 0.263 e. The molecule has 3 aromatic rings. The van der Waals surface area contributed by atoms with Crippen LogP contribution in [0.3, 0.4) is 0 Å². The molecule has 0 fully saturated rings. The normalized spacial score (nSPS) is 11.2. The van der Waals surface area contributed by atoms with Gasteiger partial charge in [-0.15, -0.1) is 0 Å². The second-order valence-corrected chi connectivity index (χ2v) is 7.22. The Morgan fingerprint density at radius 3 is 2.52 bits per heavy atom. The van der Waals surface area contributed by atoms with Crippen LogP contribution in [0.1, 0.15) is 16.1 Å². The van der Waals surface area contributed by atoms with Crippen LogP contribution in [-0.4, -0.2) is 19.5 Å². The van der Waals surface area contributed by atoms with E-state index >= 15 is 0 Å². The number of aryl methyl sites for hydroxylation is 1. The molecule has 0 radical (unpaired) electrons. The Bertz CT molecular complexity index is 1110. The van der Waals surface area contributed by atoms with Gasteiger partial charge in [-0.25, -0.2) is 17.2 Å². The minimum atomic E-state index is -4.00. The van der Waals surface area contributed by atoms with Gasteiger partial charge in [0, 0.05) is 23.4 Å². The van der Waals surface area contributed by atoms with E-state index in [4.69, 9.17) is 4.52 Å². The number of amides is 1. The molecule has 1 aromatic heterocycles. The number of nitrogens with one attached hydrogen (secondary N) is 2. The fourth-order valence-corrected chi connectivity index (χ4v) is 3.22. The van der Waals surface area contributed by atoms with E-state index in [1.165, 1.54) is 30.3 Å². The van der Waals surface area contributed by atoms with E-state index in [1.54, 1.807) is 6.92 Å². The van der Waals surface area contributed by atoms with Crippen LogP contribution >= 0.6 is 0 Å². The molecule has 0 aliphatic rings. The first-order valence-corrected chi connectivity index (χ1v) is 9.05. The van der Waals surface area contributed by atoms with Crippen LogP contribution in [0.5, 0.6) is 0 Å². The molecule has 1 heterocycles. The Morgan fingerprint density at radius 2 is 1.85 bits per heavy atom. The van der Waals surface area contributed by atoms with Gasteiger partial charge >= 0.3 is 0 Å². The number of carbonyl (C=O) groups excluding carboxylic acids is 1. The maximum atomic E-state index is 13.2. The summed E-state index contributed by atoms with van der Waals surface area (Å²) in [7, 11) is -4.00. The molecule has 0 spiro atoms. The third kappa shape index (κ3) is 4.29. The predicted molar refractivity (Wildman–Crippen MR) is 92.8 cm³/mol. The third-order valence-electron chi connectivity index (χ3n) is 3.45. The molecule has 0 aliphatic heterocycles. The van der Waals surface area contributed by atoms with Crippen molar-refractivity contribution in [3.8, 4) is 0 Å². The summed E-state index contributed by atoms with van der Waals surface area (Å²) in [6.45, 7) is 1.61. The molecule has 1 amide bonds. The SMILES string of the molecule is Cc1cc(NS(=O)(=O)c2cccc(C(=O)Nc3ccc(F)c(F)c3)c2)no1. The molecule has 0 saturated heterocycles. The summed E-state index contributed by atoms with van der Waals surface area (Å²) in [4.78, 5) is 12.1. The van der Waals surface area contributed by atoms with E-state index in [9.17, 15) is 22.0 Å². The quantitative estimate of drug-likeness (QED) is 0.693. The fraction of sp³-hybridized carbons (Fsp3) is 0.0588. The number of hydrogen-bond acceptors (Lipinski definition) is 5. The monoisotopic (exact) mass is 393 g/mol. The summed E-state index contributed by atoms with van der Waals surface area (Å²) in [5.41, 5.74) is 0.0438. The van der Waals surface area contributed by atoms with Crippen LogP contribution in [-0.2, 0) is 10.0 Å². The zero-order chi connectivity index (χ0) is 19.6. The minimum Gasteiger partial charge on any atom is -0.360 e. The van der Waals surface area contributed by atoms with Crippen LogP contribution < -0.4 is 10.0 Å². The highest BCUT2D eigenvalue weighted by Crippen LogP contribution is 2.19.